The first-order chi connectivity index (χ1) is 13.4. The first kappa shape index (κ1) is 18.4. The molecule has 4 rings (SSSR count). The molecule has 0 spiro atoms. The zero-order valence-corrected chi connectivity index (χ0v) is 14.9. The Hall–Kier alpha value is -3.01. The molecule has 10 heteroatoms. The van der Waals surface area contributed by atoms with E-state index >= 15 is 0 Å². The highest BCUT2D eigenvalue weighted by atomic mass is 32.2. The van der Waals surface area contributed by atoms with Crippen molar-refractivity contribution in [1.82, 2.24) is 25.0 Å². The standard InChI is InChI=1S/C18H11F4N5S/c19-13-4-6-14(7-5-13)27-16-15(25-26-27)17(24-10-23-16)28-9-11-2-1-3-12(8-11)18(20,21)22/h1-8,10H,9H2. The second kappa shape index (κ2) is 7.19. The normalized spacial score (nSPS) is 11.9. The van der Waals surface area contributed by atoms with E-state index in [0.29, 0.717) is 27.4 Å². The summed E-state index contributed by atoms with van der Waals surface area (Å²) in [5, 5.41) is 8.61. The fraction of sp³-hybridized carbons (Fsp3) is 0.111. The van der Waals surface area contributed by atoms with E-state index in [1.54, 1.807) is 18.2 Å². The lowest BCUT2D eigenvalue weighted by Crippen LogP contribution is -2.04. The Bertz CT molecular complexity index is 1120. The van der Waals surface area contributed by atoms with Gasteiger partial charge in [-0.1, -0.05) is 35.2 Å². The Labute approximate surface area is 160 Å². The van der Waals surface area contributed by atoms with E-state index in [2.05, 4.69) is 20.3 Å². The molecule has 0 N–H and O–H groups in total. The smallest absolute Gasteiger partial charge is 0.227 e. The second-order valence-electron chi connectivity index (χ2n) is 5.82. The molecular weight excluding hydrogens is 394 g/mol. The molecule has 0 saturated heterocycles. The highest BCUT2D eigenvalue weighted by molar-refractivity contribution is 7.98. The van der Waals surface area contributed by atoms with E-state index in [1.165, 1.54) is 41.0 Å². The summed E-state index contributed by atoms with van der Waals surface area (Å²) in [6, 6.07) is 10.8. The highest BCUT2D eigenvalue weighted by Gasteiger charge is 2.30. The molecule has 2 heterocycles. The molecule has 142 valence electrons. The fourth-order valence-electron chi connectivity index (χ4n) is 2.58. The third kappa shape index (κ3) is 3.68. The predicted molar refractivity (Wildman–Crippen MR) is 95.4 cm³/mol. The molecule has 0 bridgehead atoms. The molecule has 2 aromatic heterocycles. The van der Waals surface area contributed by atoms with Crippen LogP contribution in [0.4, 0.5) is 17.6 Å². The van der Waals surface area contributed by atoms with Gasteiger partial charge in [0.15, 0.2) is 11.2 Å². The van der Waals surface area contributed by atoms with Gasteiger partial charge in [-0.15, -0.1) is 5.10 Å². The van der Waals surface area contributed by atoms with E-state index in [-0.39, 0.29) is 11.6 Å². The summed E-state index contributed by atoms with van der Waals surface area (Å²) in [5.74, 6) is -0.0977. The van der Waals surface area contributed by atoms with Gasteiger partial charge in [-0.2, -0.15) is 17.9 Å². The lowest BCUT2D eigenvalue weighted by molar-refractivity contribution is -0.137. The van der Waals surface area contributed by atoms with Crippen LogP contribution in [0.1, 0.15) is 11.1 Å². The summed E-state index contributed by atoms with van der Waals surface area (Å²) in [6.45, 7) is 0. The molecule has 0 aliphatic rings. The van der Waals surface area contributed by atoms with Gasteiger partial charge in [0.2, 0.25) is 0 Å². The van der Waals surface area contributed by atoms with Crippen molar-refractivity contribution in [3.63, 3.8) is 0 Å². The number of hydrogen-bond acceptors (Lipinski definition) is 5. The first-order valence-corrected chi connectivity index (χ1v) is 9.02. The third-order valence-corrected chi connectivity index (χ3v) is 4.96. The van der Waals surface area contributed by atoms with Crippen LogP contribution in [0.5, 0.6) is 0 Å². The van der Waals surface area contributed by atoms with Gasteiger partial charge in [-0.3, -0.25) is 0 Å². The van der Waals surface area contributed by atoms with Crippen LogP contribution in [0.15, 0.2) is 59.9 Å². The number of halogens is 4. The van der Waals surface area contributed by atoms with E-state index in [9.17, 15) is 17.6 Å². The third-order valence-electron chi connectivity index (χ3n) is 3.91. The molecular formula is C18H11F4N5S. The molecule has 0 aliphatic heterocycles. The highest BCUT2D eigenvalue weighted by Crippen LogP contribution is 2.32. The van der Waals surface area contributed by atoms with Crippen molar-refractivity contribution in [2.45, 2.75) is 17.0 Å². The van der Waals surface area contributed by atoms with Gasteiger partial charge in [-0.25, -0.2) is 14.4 Å². The number of alkyl halides is 3. The lowest BCUT2D eigenvalue weighted by Gasteiger charge is -2.08. The van der Waals surface area contributed by atoms with E-state index in [1.807, 2.05) is 0 Å². The average Bonchev–Trinajstić information content (AvgIpc) is 3.11. The van der Waals surface area contributed by atoms with Crippen LogP contribution in [-0.4, -0.2) is 25.0 Å². The molecule has 0 unspecified atom stereocenters. The van der Waals surface area contributed by atoms with E-state index in [0.717, 1.165) is 12.1 Å². The van der Waals surface area contributed by atoms with Gasteiger partial charge in [0.1, 0.15) is 17.2 Å². The summed E-state index contributed by atoms with van der Waals surface area (Å²) in [4.78, 5) is 8.34. The number of fused-ring (bicyclic) bond motifs is 1. The van der Waals surface area contributed by atoms with Crippen LogP contribution in [0, 0.1) is 5.82 Å². The molecule has 2 aromatic carbocycles. The molecule has 0 fully saturated rings. The minimum atomic E-state index is -4.39. The van der Waals surface area contributed by atoms with Crippen LogP contribution in [0.2, 0.25) is 0 Å². The Morgan fingerprint density at radius 1 is 1.00 bits per heavy atom. The Morgan fingerprint density at radius 2 is 1.79 bits per heavy atom. The average molecular weight is 405 g/mol. The lowest BCUT2D eigenvalue weighted by atomic mass is 10.1. The van der Waals surface area contributed by atoms with E-state index < -0.39 is 11.7 Å². The molecule has 0 amide bonds. The SMILES string of the molecule is Fc1ccc(-n2nnc3c(SCc4cccc(C(F)(F)F)c4)ncnc32)cc1. The van der Waals surface area contributed by atoms with Gasteiger partial charge in [0.25, 0.3) is 0 Å². The molecule has 28 heavy (non-hydrogen) atoms. The second-order valence-corrected chi connectivity index (χ2v) is 6.78. The van der Waals surface area contributed by atoms with Crippen LogP contribution in [-0.2, 0) is 11.9 Å². The van der Waals surface area contributed by atoms with E-state index in [4.69, 9.17) is 0 Å². The summed E-state index contributed by atoms with van der Waals surface area (Å²) in [5.41, 5.74) is 1.24. The van der Waals surface area contributed by atoms with Crippen LogP contribution in [0.3, 0.4) is 0 Å². The van der Waals surface area contributed by atoms with Gasteiger partial charge in [-0.05, 0) is 35.9 Å². The van der Waals surface area contributed by atoms with Crippen molar-refractivity contribution in [1.29, 1.82) is 0 Å². The molecule has 5 nitrogen and oxygen atoms in total. The van der Waals surface area contributed by atoms with Crippen molar-refractivity contribution < 1.29 is 17.6 Å². The number of rotatable bonds is 4. The Morgan fingerprint density at radius 3 is 2.54 bits per heavy atom. The maximum atomic E-state index is 13.1. The molecule has 4 aromatic rings. The Balaban J connectivity index is 1.61. The molecule has 0 radical (unpaired) electrons. The van der Waals surface area contributed by atoms with Gasteiger partial charge < -0.3 is 0 Å². The molecule has 0 saturated carbocycles. The van der Waals surface area contributed by atoms with Crippen LogP contribution in [0.25, 0.3) is 16.9 Å². The molecule has 0 atom stereocenters. The minimum Gasteiger partial charge on any atom is -0.227 e. The minimum absolute atomic E-state index is 0.277. The topological polar surface area (TPSA) is 56.5 Å². The zero-order chi connectivity index (χ0) is 19.7. The number of thioether (sulfide) groups is 1. The monoisotopic (exact) mass is 405 g/mol. The maximum Gasteiger partial charge on any atom is 0.416 e. The van der Waals surface area contributed by atoms with Crippen molar-refractivity contribution in [2.75, 3.05) is 0 Å². The first-order valence-electron chi connectivity index (χ1n) is 8.03. The number of nitrogens with zero attached hydrogens (tertiary/aromatic N) is 5. The predicted octanol–water partition coefficient (Wildman–Crippen LogP) is 4.66. The van der Waals surface area contributed by atoms with Crippen molar-refractivity contribution in [3.8, 4) is 5.69 Å². The number of hydrogen-bond donors (Lipinski definition) is 0. The summed E-state index contributed by atoms with van der Waals surface area (Å²) in [6.07, 6.45) is -3.05. The maximum absolute atomic E-state index is 13.1. The van der Waals surface area contributed by atoms with Crippen LogP contribution >= 0.6 is 11.8 Å². The van der Waals surface area contributed by atoms with Crippen LogP contribution < -0.4 is 0 Å². The summed E-state index contributed by atoms with van der Waals surface area (Å²) < 4.78 is 53.1. The van der Waals surface area contributed by atoms with Gasteiger partial charge in [0.05, 0.1) is 11.3 Å². The summed E-state index contributed by atoms with van der Waals surface area (Å²) in [7, 11) is 0. The number of benzene rings is 2. The van der Waals surface area contributed by atoms with Crippen molar-refractivity contribution in [3.05, 3.63) is 71.8 Å². The zero-order valence-electron chi connectivity index (χ0n) is 14.1. The Kier molecular flexibility index (Phi) is 4.71. The van der Waals surface area contributed by atoms with Crippen molar-refractivity contribution >= 4 is 22.9 Å². The largest absolute Gasteiger partial charge is 0.416 e. The van der Waals surface area contributed by atoms with Gasteiger partial charge in [0, 0.05) is 5.75 Å². The molecule has 0 aliphatic carbocycles. The fourth-order valence-corrected chi connectivity index (χ4v) is 3.45. The number of aromatic nitrogens is 5. The van der Waals surface area contributed by atoms with Gasteiger partial charge >= 0.3 is 6.18 Å². The van der Waals surface area contributed by atoms with Crippen molar-refractivity contribution in [2.24, 2.45) is 0 Å². The quantitative estimate of drug-likeness (QED) is 0.281. The summed E-state index contributed by atoms with van der Waals surface area (Å²) >= 11 is 1.24.